The maximum absolute atomic E-state index is 11.9. The van der Waals surface area contributed by atoms with Crippen LogP contribution in [0.4, 0.5) is 0 Å². The molecule has 4 nitrogen and oxygen atoms in total. The van der Waals surface area contributed by atoms with E-state index < -0.39 is 16.6 Å². The molecule has 4 aliphatic rings. The van der Waals surface area contributed by atoms with Crippen molar-refractivity contribution < 1.29 is 18.4 Å². The van der Waals surface area contributed by atoms with E-state index in [0.717, 1.165) is 12.8 Å². The predicted molar refractivity (Wildman–Crippen MR) is 157 cm³/mol. The number of ether oxygens (including phenoxy) is 1. The minimum atomic E-state index is -1.74. The van der Waals surface area contributed by atoms with Crippen LogP contribution < -0.4 is 0 Å². The number of hydrogen-bond acceptors (Lipinski definition) is 4. The Morgan fingerprint density at radius 3 is 2.24 bits per heavy atom. The fraction of sp³-hybridized carbons (Fsp3) is 0.903. The lowest BCUT2D eigenvalue weighted by atomic mass is 9.46. The van der Waals surface area contributed by atoms with Gasteiger partial charge in [-0.15, -0.1) is 0 Å². The molecule has 212 valence electrons. The molecule has 0 aromatic carbocycles. The number of carbonyl (C=O) groups excluding carboxylic acids is 1. The van der Waals surface area contributed by atoms with E-state index >= 15 is 0 Å². The van der Waals surface area contributed by atoms with E-state index in [1.165, 1.54) is 51.4 Å². The first kappa shape index (κ1) is 29.4. The maximum atomic E-state index is 11.9. The van der Waals surface area contributed by atoms with Gasteiger partial charge in [0.15, 0.2) is 8.32 Å². The topological polar surface area (TPSA) is 44.8 Å². The van der Waals surface area contributed by atoms with Crippen molar-refractivity contribution in [3.63, 3.8) is 0 Å². The predicted octanol–water partition coefficient (Wildman–Crippen LogP) is 8.41. The average Bonchev–Trinajstić information content (AvgIpc) is 3.13. The van der Waals surface area contributed by atoms with Crippen molar-refractivity contribution in [2.45, 2.75) is 124 Å². The van der Waals surface area contributed by atoms with Crippen molar-refractivity contribution >= 4 is 22.6 Å². The molecular formula is C31H56O4Si2. The second kappa shape index (κ2) is 10.4. The van der Waals surface area contributed by atoms with Gasteiger partial charge in [-0.1, -0.05) is 20.8 Å². The number of hydrogen-bond donors (Lipinski definition) is 0. The summed E-state index contributed by atoms with van der Waals surface area (Å²) in [6, 6.07) is 0. The van der Waals surface area contributed by atoms with Gasteiger partial charge < -0.3 is 13.6 Å². The molecule has 3 fully saturated rings. The monoisotopic (exact) mass is 548 g/mol. The second-order valence-corrected chi connectivity index (χ2v) is 24.5. The van der Waals surface area contributed by atoms with Gasteiger partial charge in [0.05, 0.1) is 12.9 Å². The van der Waals surface area contributed by atoms with Gasteiger partial charge in [0.2, 0.25) is 8.32 Å². The van der Waals surface area contributed by atoms with Gasteiger partial charge in [0, 0.05) is 18.4 Å². The van der Waals surface area contributed by atoms with Gasteiger partial charge in [-0.25, -0.2) is 0 Å². The average molecular weight is 549 g/mol. The smallest absolute Gasteiger partial charge is 0.305 e. The summed E-state index contributed by atoms with van der Waals surface area (Å²) in [4.78, 5) is 11.9. The molecule has 0 heterocycles. The normalized spacial score (nSPS) is 40.6. The largest absolute Gasteiger partial charge is 0.547 e. The molecule has 37 heavy (non-hydrogen) atoms. The molecule has 0 amide bonds. The van der Waals surface area contributed by atoms with Crippen LogP contribution in [-0.4, -0.2) is 35.8 Å². The van der Waals surface area contributed by atoms with Crippen molar-refractivity contribution in [1.82, 2.24) is 0 Å². The Balaban J connectivity index is 1.63. The molecule has 9 atom stereocenters. The third kappa shape index (κ3) is 5.96. The van der Waals surface area contributed by atoms with Crippen LogP contribution in [0.1, 0.15) is 78.6 Å². The zero-order valence-corrected chi connectivity index (χ0v) is 27.6. The van der Waals surface area contributed by atoms with E-state index in [0.29, 0.717) is 58.9 Å². The molecule has 6 heteroatoms. The molecule has 0 N–H and O–H groups in total. The summed E-state index contributed by atoms with van der Waals surface area (Å²) >= 11 is 0. The highest BCUT2D eigenvalue weighted by Gasteiger charge is 2.62. The maximum Gasteiger partial charge on any atom is 0.305 e. The van der Waals surface area contributed by atoms with Crippen molar-refractivity contribution in [3.8, 4) is 0 Å². The summed E-state index contributed by atoms with van der Waals surface area (Å²) in [6.45, 7) is 21.7. The van der Waals surface area contributed by atoms with Gasteiger partial charge in [0.1, 0.15) is 0 Å². The van der Waals surface area contributed by atoms with Gasteiger partial charge in [-0.3, -0.25) is 4.79 Å². The lowest BCUT2D eigenvalue weighted by Gasteiger charge is -2.60. The first-order valence-electron chi connectivity index (χ1n) is 15.2. The molecule has 0 bridgehead atoms. The second-order valence-electron chi connectivity index (χ2n) is 15.6. The van der Waals surface area contributed by atoms with Crippen LogP contribution in [0.2, 0.25) is 39.3 Å². The van der Waals surface area contributed by atoms with E-state index in [9.17, 15) is 4.79 Å². The highest BCUT2D eigenvalue weighted by Crippen LogP contribution is 2.68. The molecule has 0 spiro atoms. The first-order chi connectivity index (χ1) is 17.1. The Kier molecular flexibility index (Phi) is 8.28. The number of fused-ring (bicyclic) bond motifs is 5. The van der Waals surface area contributed by atoms with Crippen molar-refractivity contribution in [2.24, 2.45) is 46.3 Å². The van der Waals surface area contributed by atoms with E-state index in [2.05, 4.69) is 66.1 Å². The third-order valence-corrected chi connectivity index (χ3v) is 12.8. The minimum absolute atomic E-state index is 0.0658. The summed E-state index contributed by atoms with van der Waals surface area (Å²) < 4.78 is 18.6. The quantitative estimate of drug-likeness (QED) is 0.226. The molecular weight excluding hydrogens is 493 g/mol. The summed E-state index contributed by atoms with van der Waals surface area (Å²) in [5.74, 6) is 5.05. The summed E-state index contributed by atoms with van der Waals surface area (Å²) in [7, 11) is -1.78. The molecule has 0 saturated heterocycles. The van der Waals surface area contributed by atoms with Crippen molar-refractivity contribution in [3.05, 3.63) is 11.8 Å². The van der Waals surface area contributed by atoms with E-state index in [1.807, 2.05) is 0 Å². The summed E-state index contributed by atoms with van der Waals surface area (Å²) in [5, 5.41) is 0. The number of methoxy groups -OCH3 is 1. The zero-order chi connectivity index (χ0) is 27.4. The number of carbonyl (C=O) groups is 1. The fourth-order valence-corrected chi connectivity index (χ4v) is 11.4. The molecule has 0 radical (unpaired) electrons. The summed E-state index contributed by atoms with van der Waals surface area (Å²) in [6.07, 6.45) is 13.4. The lowest BCUT2D eigenvalue weighted by molar-refractivity contribution is -0.141. The van der Waals surface area contributed by atoms with Crippen LogP contribution >= 0.6 is 0 Å². The third-order valence-electron chi connectivity index (χ3n) is 10.9. The summed E-state index contributed by atoms with van der Waals surface area (Å²) in [5.41, 5.74) is 0.687. The van der Waals surface area contributed by atoms with Crippen molar-refractivity contribution in [2.75, 3.05) is 7.11 Å². The Bertz CT molecular complexity index is 873. The molecule has 5 unspecified atom stereocenters. The van der Waals surface area contributed by atoms with Crippen LogP contribution in [0, 0.1) is 46.3 Å². The highest BCUT2D eigenvalue weighted by molar-refractivity contribution is 6.70. The zero-order valence-electron chi connectivity index (χ0n) is 25.6. The van der Waals surface area contributed by atoms with E-state index in [4.69, 9.17) is 13.6 Å². The van der Waals surface area contributed by atoms with Gasteiger partial charge in [-0.2, -0.15) is 0 Å². The fourth-order valence-electron chi connectivity index (χ4n) is 9.32. The SMILES string of the molecule is COC(=O)CC[C@@H](C)[C@H]1CCC2C3C(O[Si](C)(C)C)=CC4CC(O[Si](C)(C)C)CC[C@]4(C)C3CC[C@@]21C. The van der Waals surface area contributed by atoms with E-state index in [-0.39, 0.29) is 5.97 Å². The van der Waals surface area contributed by atoms with E-state index in [1.54, 1.807) is 0 Å². The van der Waals surface area contributed by atoms with Crippen LogP contribution in [0.15, 0.2) is 11.8 Å². The Hall–Kier alpha value is -0.596. The first-order valence-corrected chi connectivity index (χ1v) is 22.0. The van der Waals surface area contributed by atoms with Crippen LogP contribution in [0.25, 0.3) is 0 Å². The van der Waals surface area contributed by atoms with Crippen LogP contribution in [0.3, 0.4) is 0 Å². The number of esters is 1. The van der Waals surface area contributed by atoms with Gasteiger partial charge in [-0.05, 0) is 137 Å². The molecule has 0 aromatic rings. The van der Waals surface area contributed by atoms with Gasteiger partial charge >= 0.3 is 5.97 Å². The molecule has 4 rings (SSSR count). The highest BCUT2D eigenvalue weighted by atomic mass is 28.4. The van der Waals surface area contributed by atoms with Crippen LogP contribution in [0.5, 0.6) is 0 Å². The standard InChI is InChI=1S/C31H56O4Si2/c1-21(11-14-28(32)33-4)24-12-13-25-29-26(16-18-31(24,25)3)30(2)17-15-23(34-36(5,6)7)19-22(30)20-27(29)35-37(8,9)10/h20-26,29H,11-19H2,1-10H3/t21-,22?,23?,24-,25?,26?,29?,30+,31-/m1/s1. The Morgan fingerprint density at radius 1 is 0.973 bits per heavy atom. The molecule has 3 saturated carbocycles. The molecule has 0 aromatic heterocycles. The lowest BCUT2D eigenvalue weighted by Crippen LogP contribution is -2.55. The molecule has 0 aliphatic heterocycles. The Morgan fingerprint density at radius 2 is 1.62 bits per heavy atom. The number of rotatable bonds is 8. The minimum Gasteiger partial charge on any atom is -0.547 e. The molecule has 4 aliphatic carbocycles. The van der Waals surface area contributed by atoms with Crippen LogP contribution in [-0.2, 0) is 18.4 Å². The van der Waals surface area contributed by atoms with Gasteiger partial charge in [0.25, 0.3) is 0 Å². The number of allylic oxidation sites excluding steroid dienone is 2. The Labute approximate surface area is 229 Å². The van der Waals surface area contributed by atoms with Crippen molar-refractivity contribution in [1.29, 1.82) is 0 Å².